The van der Waals surface area contributed by atoms with Crippen LogP contribution in [0.1, 0.15) is 25.0 Å². The number of ether oxygens (including phenoxy) is 1. The lowest BCUT2D eigenvalue weighted by atomic mass is 10.1. The van der Waals surface area contributed by atoms with E-state index >= 15 is 0 Å². The summed E-state index contributed by atoms with van der Waals surface area (Å²) in [5.41, 5.74) is 7.73. The summed E-state index contributed by atoms with van der Waals surface area (Å²) in [6.07, 6.45) is 0.618. The molecule has 0 unspecified atom stereocenters. The van der Waals surface area contributed by atoms with Gasteiger partial charge in [-0.2, -0.15) is 0 Å². The molecule has 1 aromatic carbocycles. The van der Waals surface area contributed by atoms with E-state index in [1.807, 2.05) is 6.07 Å². The molecule has 3 heteroatoms. The molecule has 1 saturated heterocycles. The SMILES string of the molecule is C[C@@H]1CN(Cc2cccc(C#CCN)c2)C[C@H](C)O1. The molecule has 2 N–H and O–H groups in total. The highest BCUT2D eigenvalue weighted by Crippen LogP contribution is 2.14. The molecule has 2 rings (SSSR count). The first-order valence-electron chi connectivity index (χ1n) is 6.83. The van der Waals surface area contributed by atoms with Crippen LogP contribution in [0.5, 0.6) is 0 Å². The van der Waals surface area contributed by atoms with Crippen LogP contribution in [0.2, 0.25) is 0 Å². The van der Waals surface area contributed by atoms with Gasteiger partial charge in [0.1, 0.15) is 0 Å². The second kappa shape index (κ2) is 6.72. The van der Waals surface area contributed by atoms with E-state index in [1.165, 1.54) is 5.56 Å². The molecule has 1 aliphatic heterocycles. The van der Waals surface area contributed by atoms with Crippen LogP contribution in [-0.4, -0.2) is 36.7 Å². The van der Waals surface area contributed by atoms with Crippen molar-refractivity contribution in [1.82, 2.24) is 4.90 Å². The molecule has 1 aromatic rings. The van der Waals surface area contributed by atoms with Gasteiger partial charge in [0.15, 0.2) is 0 Å². The second-order valence-corrected chi connectivity index (χ2v) is 5.16. The maximum absolute atomic E-state index is 5.75. The lowest BCUT2D eigenvalue weighted by Gasteiger charge is -2.35. The van der Waals surface area contributed by atoms with Gasteiger partial charge in [-0.25, -0.2) is 0 Å². The molecule has 0 aliphatic carbocycles. The van der Waals surface area contributed by atoms with Crippen molar-refractivity contribution in [3.8, 4) is 11.8 Å². The Morgan fingerprint density at radius 2 is 2.05 bits per heavy atom. The number of hydrogen-bond donors (Lipinski definition) is 1. The van der Waals surface area contributed by atoms with Gasteiger partial charge in [-0.1, -0.05) is 24.0 Å². The van der Waals surface area contributed by atoms with E-state index in [-0.39, 0.29) is 0 Å². The monoisotopic (exact) mass is 258 g/mol. The van der Waals surface area contributed by atoms with Crippen molar-refractivity contribution in [2.75, 3.05) is 19.6 Å². The molecule has 3 nitrogen and oxygen atoms in total. The highest BCUT2D eigenvalue weighted by molar-refractivity contribution is 5.37. The van der Waals surface area contributed by atoms with E-state index in [4.69, 9.17) is 10.5 Å². The molecule has 0 aromatic heterocycles. The van der Waals surface area contributed by atoms with Gasteiger partial charge in [-0.15, -0.1) is 0 Å². The predicted molar refractivity (Wildman–Crippen MR) is 77.7 cm³/mol. The largest absolute Gasteiger partial charge is 0.373 e. The topological polar surface area (TPSA) is 38.5 Å². The van der Waals surface area contributed by atoms with Crippen LogP contribution in [0, 0.1) is 11.8 Å². The van der Waals surface area contributed by atoms with E-state index in [1.54, 1.807) is 0 Å². The van der Waals surface area contributed by atoms with Crippen LogP contribution in [0.4, 0.5) is 0 Å². The highest BCUT2D eigenvalue weighted by atomic mass is 16.5. The molecular weight excluding hydrogens is 236 g/mol. The number of morpholine rings is 1. The molecule has 0 saturated carbocycles. The first-order valence-corrected chi connectivity index (χ1v) is 6.83. The van der Waals surface area contributed by atoms with Crippen LogP contribution in [0.3, 0.4) is 0 Å². The maximum atomic E-state index is 5.75. The van der Waals surface area contributed by atoms with Gasteiger partial charge in [-0.3, -0.25) is 4.90 Å². The standard InChI is InChI=1S/C16H22N2O/c1-13-10-18(11-14(2)19-13)12-16-6-3-5-15(9-16)7-4-8-17/h3,5-6,9,13-14H,8,10-12,17H2,1-2H3/t13-,14+. The summed E-state index contributed by atoms with van der Waals surface area (Å²) in [4.78, 5) is 2.44. The number of nitrogens with two attached hydrogens (primary N) is 1. The summed E-state index contributed by atoms with van der Waals surface area (Å²) in [5.74, 6) is 5.97. The van der Waals surface area contributed by atoms with E-state index in [2.05, 4.69) is 48.8 Å². The van der Waals surface area contributed by atoms with Crippen molar-refractivity contribution >= 4 is 0 Å². The zero-order chi connectivity index (χ0) is 13.7. The Labute approximate surface area is 115 Å². The van der Waals surface area contributed by atoms with Crippen LogP contribution in [-0.2, 0) is 11.3 Å². The quantitative estimate of drug-likeness (QED) is 0.819. The van der Waals surface area contributed by atoms with Gasteiger partial charge in [0.05, 0.1) is 18.8 Å². The third-order valence-electron chi connectivity index (χ3n) is 3.16. The molecule has 19 heavy (non-hydrogen) atoms. The van der Waals surface area contributed by atoms with Crippen LogP contribution < -0.4 is 5.73 Å². The summed E-state index contributed by atoms with van der Waals surface area (Å²) in [5, 5.41) is 0. The zero-order valence-corrected chi connectivity index (χ0v) is 11.7. The molecule has 1 fully saturated rings. The van der Waals surface area contributed by atoms with Crippen molar-refractivity contribution in [2.45, 2.75) is 32.6 Å². The molecule has 0 radical (unpaired) electrons. The van der Waals surface area contributed by atoms with E-state index in [0.717, 1.165) is 25.2 Å². The minimum atomic E-state index is 0.309. The minimum Gasteiger partial charge on any atom is -0.373 e. The molecule has 1 heterocycles. The average molecular weight is 258 g/mol. The minimum absolute atomic E-state index is 0.309. The highest BCUT2D eigenvalue weighted by Gasteiger charge is 2.21. The molecular formula is C16H22N2O. The Balaban J connectivity index is 2.02. The fraction of sp³-hybridized carbons (Fsp3) is 0.500. The van der Waals surface area contributed by atoms with Crippen molar-refractivity contribution < 1.29 is 4.74 Å². The number of hydrogen-bond acceptors (Lipinski definition) is 3. The van der Waals surface area contributed by atoms with Crippen molar-refractivity contribution in [2.24, 2.45) is 5.73 Å². The first-order chi connectivity index (χ1) is 9.17. The van der Waals surface area contributed by atoms with Gasteiger partial charge in [-0.05, 0) is 31.5 Å². The predicted octanol–water partition coefficient (Wildman–Crippen LogP) is 1.61. The van der Waals surface area contributed by atoms with Gasteiger partial charge in [0.25, 0.3) is 0 Å². The van der Waals surface area contributed by atoms with Gasteiger partial charge < -0.3 is 10.5 Å². The van der Waals surface area contributed by atoms with E-state index in [0.29, 0.717) is 18.8 Å². The third kappa shape index (κ3) is 4.36. The smallest absolute Gasteiger partial charge is 0.0678 e. The Morgan fingerprint density at radius 3 is 2.74 bits per heavy atom. The van der Waals surface area contributed by atoms with E-state index in [9.17, 15) is 0 Å². The molecule has 1 aliphatic rings. The number of rotatable bonds is 2. The average Bonchev–Trinajstić information content (AvgIpc) is 2.35. The van der Waals surface area contributed by atoms with Gasteiger partial charge in [0.2, 0.25) is 0 Å². The lowest BCUT2D eigenvalue weighted by Crippen LogP contribution is -2.44. The summed E-state index contributed by atoms with van der Waals surface area (Å²) < 4.78 is 5.75. The van der Waals surface area contributed by atoms with Crippen molar-refractivity contribution in [3.05, 3.63) is 35.4 Å². The third-order valence-corrected chi connectivity index (χ3v) is 3.16. The number of benzene rings is 1. The van der Waals surface area contributed by atoms with Crippen LogP contribution >= 0.6 is 0 Å². The fourth-order valence-corrected chi connectivity index (χ4v) is 2.57. The van der Waals surface area contributed by atoms with Gasteiger partial charge in [0, 0.05) is 25.2 Å². The molecule has 0 spiro atoms. The van der Waals surface area contributed by atoms with Crippen LogP contribution in [0.25, 0.3) is 0 Å². The fourth-order valence-electron chi connectivity index (χ4n) is 2.57. The van der Waals surface area contributed by atoms with E-state index < -0.39 is 0 Å². The Morgan fingerprint density at radius 1 is 1.32 bits per heavy atom. The van der Waals surface area contributed by atoms with Crippen molar-refractivity contribution in [3.63, 3.8) is 0 Å². The molecule has 0 amide bonds. The molecule has 0 bridgehead atoms. The molecule has 2 atom stereocenters. The zero-order valence-electron chi connectivity index (χ0n) is 11.7. The second-order valence-electron chi connectivity index (χ2n) is 5.16. The Kier molecular flexibility index (Phi) is 4.98. The summed E-state index contributed by atoms with van der Waals surface area (Å²) in [6.45, 7) is 7.60. The summed E-state index contributed by atoms with van der Waals surface area (Å²) >= 11 is 0. The van der Waals surface area contributed by atoms with Crippen molar-refractivity contribution in [1.29, 1.82) is 0 Å². The lowest BCUT2D eigenvalue weighted by molar-refractivity contribution is -0.0704. The summed E-state index contributed by atoms with van der Waals surface area (Å²) in [7, 11) is 0. The Hall–Kier alpha value is -1.34. The Bertz CT molecular complexity index is 465. The molecule has 102 valence electrons. The maximum Gasteiger partial charge on any atom is 0.0678 e. The normalized spacial score (nSPS) is 23.7. The van der Waals surface area contributed by atoms with Crippen LogP contribution in [0.15, 0.2) is 24.3 Å². The summed E-state index contributed by atoms with van der Waals surface area (Å²) in [6, 6.07) is 8.38. The van der Waals surface area contributed by atoms with Gasteiger partial charge >= 0.3 is 0 Å². The number of nitrogens with zero attached hydrogens (tertiary/aromatic N) is 1. The first kappa shape index (κ1) is 14.1.